The summed E-state index contributed by atoms with van der Waals surface area (Å²) in [6.07, 6.45) is 0.180. The van der Waals surface area contributed by atoms with Crippen LogP contribution in [0.25, 0.3) is 10.8 Å². The van der Waals surface area contributed by atoms with Crippen LogP contribution < -0.4 is 11.1 Å². The maximum Gasteiger partial charge on any atom is 0.296 e. The summed E-state index contributed by atoms with van der Waals surface area (Å²) in [6, 6.07) is 5.61. The summed E-state index contributed by atoms with van der Waals surface area (Å²) in [5.74, 6) is -1.31. The molecule has 276 valence electrons. The molecule has 0 aliphatic rings. The van der Waals surface area contributed by atoms with Gasteiger partial charge in [0.15, 0.2) is 15.6 Å². The number of nitrogen functional groups attached to an aromatic ring is 1. The summed E-state index contributed by atoms with van der Waals surface area (Å²) < 4.78 is 161. The summed E-state index contributed by atoms with van der Waals surface area (Å²) in [5, 5.41) is 26.5. The van der Waals surface area contributed by atoms with Gasteiger partial charge in [-0.25, -0.2) is 8.42 Å². The standard InChI is InChI=1S/C25H20N6O16S5/c1-2-48(34,35)14-4-5-15(18(10-14)50(39,40)41)28-30-23-19(51(42,43)44)7-12-8-20(52(45,46)47)24(25(33)21(12)22(23)26)31-29-16-9-13(27-11-32)3-6-17(16)49(36,37)38/h2-11,33H,1,26H2,(H,27,32)(H,36,37,38)(H,39,40,41)(H,42,43,44)(H,45,46,47)/b30-28+,31-29+. The number of fused-ring (bicyclic) bond motifs is 1. The molecule has 0 fully saturated rings. The Balaban J connectivity index is 2.08. The molecule has 0 aliphatic carbocycles. The van der Waals surface area contributed by atoms with E-state index in [0.717, 1.165) is 30.3 Å². The molecule has 0 heterocycles. The van der Waals surface area contributed by atoms with E-state index in [9.17, 15) is 70.2 Å². The van der Waals surface area contributed by atoms with E-state index in [-0.39, 0.29) is 12.1 Å². The minimum atomic E-state index is -5.42. The summed E-state index contributed by atoms with van der Waals surface area (Å²) in [4.78, 5) is 5.57. The number of anilines is 2. The number of carbonyl (C=O) groups is 1. The first-order chi connectivity index (χ1) is 23.8. The lowest BCUT2D eigenvalue weighted by Crippen LogP contribution is -2.04. The lowest BCUT2D eigenvalue weighted by molar-refractivity contribution is -0.105. The van der Waals surface area contributed by atoms with Gasteiger partial charge in [-0.3, -0.25) is 23.0 Å². The van der Waals surface area contributed by atoms with Crippen LogP contribution in [0, 0.1) is 0 Å². The second kappa shape index (κ2) is 13.7. The third kappa shape index (κ3) is 8.11. The van der Waals surface area contributed by atoms with Crippen molar-refractivity contribution in [3.63, 3.8) is 0 Å². The number of phenols is 1. The summed E-state index contributed by atoms with van der Waals surface area (Å²) in [7, 11) is -25.4. The first kappa shape index (κ1) is 39.5. The molecule has 0 bridgehead atoms. The van der Waals surface area contributed by atoms with Gasteiger partial charge in [-0.15, -0.1) is 20.5 Å². The zero-order valence-corrected chi connectivity index (χ0v) is 29.2. The Morgan fingerprint density at radius 1 is 0.635 bits per heavy atom. The Labute approximate surface area is 293 Å². The van der Waals surface area contributed by atoms with Crippen LogP contribution in [0.4, 0.5) is 34.1 Å². The Morgan fingerprint density at radius 2 is 1.15 bits per heavy atom. The summed E-state index contributed by atoms with van der Waals surface area (Å²) >= 11 is 0. The number of nitrogens with zero attached hydrogens (tertiary/aromatic N) is 4. The number of nitrogens with two attached hydrogens (primary N) is 1. The van der Waals surface area contributed by atoms with Gasteiger partial charge in [0.2, 0.25) is 6.41 Å². The van der Waals surface area contributed by atoms with Crippen LogP contribution in [0.5, 0.6) is 5.75 Å². The van der Waals surface area contributed by atoms with Gasteiger partial charge in [0.05, 0.1) is 16.0 Å². The number of carbonyl (C=O) groups excluding carboxylic acids is 1. The first-order valence-electron chi connectivity index (χ1n) is 13.0. The van der Waals surface area contributed by atoms with Gasteiger partial charge >= 0.3 is 0 Å². The van der Waals surface area contributed by atoms with E-state index in [4.69, 9.17) is 5.73 Å². The monoisotopic (exact) mass is 820 g/mol. The lowest BCUT2D eigenvalue weighted by Gasteiger charge is -2.14. The van der Waals surface area contributed by atoms with Crippen molar-refractivity contribution in [1.29, 1.82) is 0 Å². The highest BCUT2D eigenvalue weighted by molar-refractivity contribution is 7.94. The van der Waals surface area contributed by atoms with Crippen molar-refractivity contribution in [2.75, 3.05) is 11.1 Å². The van der Waals surface area contributed by atoms with Crippen LogP contribution in [0.1, 0.15) is 0 Å². The summed E-state index contributed by atoms with van der Waals surface area (Å²) in [5.41, 5.74) is 1.24. The van der Waals surface area contributed by atoms with Gasteiger partial charge in [-0.1, -0.05) is 6.58 Å². The number of sulfone groups is 1. The van der Waals surface area contributed by atoms with Gasteiger partial charge in [0.1, 0.15) is 42.3 Å². The number of hydrogen-bond donors (Lipinski definition) is 7. The third-order valence-electron chi connectivity index (χ3n) is 6.61. The van der Waals surface area contributed by atoms with E-state index in [0.29, 0.717) is 23.6 Å². The van der Waals surface area contributed by atoms with E-state index in [1.807, 2.05) is 0 Å². The minimum absolute atomic E-state index is 0.111. The Hall–Kier alpha value is -5.26. The van der Waals surface area contributed by atoms with Crippen LogP contribution in [-0.2, 0) is 55.1 Å². The number of hydrogen-bond acceptors (Lipinski definition) is 17. The molecule has 0 unspecified atom stereocenters. The fourth-order valence-electron chi connectivity index (χ4n) is 4.34. The molecule has 0 radical (unpaired) electrons. The van der Waals surface area contributed by atoms with Crippen molar-refractivity contribution in [2.24, 2.45) is 20.5 Å². The maximum absolute atomic E-state index is 12.4. The summed E-state index contributed by atoms with van der Waals surface area (Å²) in [6.45, 7) is 3.08. The van der Waals surface area contributed by atoms with Crippen molar-refractivity contribution in [3.8, 4) is 5.75 Å². The highest BCUT2D eigenvalue weighted by Crippen LogP contribution is 2.48. The maximum atomic E-state index is 12.4. The van der Waals surface area contributed by atoms with Crippen molar-refractivity contribution in [3.05, 3.63) is 60.5 Å². The number of azo groups is 2. The Kier molecular flexibility index (Phi) is 10.4. The van der Waals surface area contributed by atoms with Crippen molar-refractivity contribution in [1.82, 2.24) is 0 Å². The van der Waals surface area contributed by atoms with Crippen molar-refractivity contribution in [2.45, 2.75) is 24.5 Å². The molecule has 4 aromatic rings. The van der Waals surface area contributed by atoms with E-state index in [2.05, 4.69) is 32.4 Å². The molecule has 22 nitrogen and oxygen atoms in total. The molecule has 0 saturated heterocycles. The molecule has 4 rings (SSSR count). The van der Waals surface area contributed by atoms with Gasteiger partial charge < -0.3 is 16.2 Å². The number of nitrogens with one attached hydrogen (secondary N) is 1. The van der Waals surface area contributed by atoms with E-state index < -0.39 is 120 Å². The fourth-order valence-corrected chi connectivity index (χ4v) is 7.73. The SMILES string of the molecule is C=CS(=O)(=O)c1ccc(/N=N/c2c(S(=O)(=O)O)cc3cc(S(=O)(=O)O)c(/N=N/c4cc(NC=O)ccc4S(=O)(=O)O)c(O)c3c2N)c(S(=O)(=O)O)c1. The van der Waals surface area contributed by atoms with Crippen LogP contribution in [-0.4, -0.2) is 71.8 Å². The first-order valence-corrected chi connectivity index (χ1v) is 20.3. The average molecular weight is 821 g/mol. The number of aromatic hydroxyl groups is 1. The molecule has 8 N–H and O–H groups in total. The van der Waals surface area contributed by atoms with Crippen molar-refractivity contribution < 1.29 is 70.2 Å². The molecule has 0 aromatic heterocycles. The highest BCUT2D eigenvalue weighted by Gasteiger charge is 2.29. The third-order valence-corrected chi connectivity index (χ3v) is 11.5. The molecule has 0 aliphatic heterocycles. The highest BCUT2D eigenvalue weighted by atomic mass is 32.2. The number of benzene rings is 4. The van der Waals surface area contributed by atoms with Gasteiger partial charge in [0.25, 0.3) is 40.5 Å². The zero-order valence-electron chi connectivity index (χ0n) is 25.1. The van der Waals surface area contributed by atoms with Crippen LogP contribution in [0.2, 0.25) is 0 Å². The van der Waals surface area contributed by atoms with Crippen LogP contribution >= 0.6 is 0 Å². The van der Waals surface area contributed by atoms with E-state index in [1.165, 1.54) is 0 Å². The topological polar surface area (TPSA) is 376 Å². The van der Waals surface area contributed by atoms with Gasteiger partial charge in [-0.2, -0.15) is 33.7 Å². The molecule has 1 amide bonds. The molecule has 0 atom stereocenters. The minimum Gasteiger partial charge on any atom is -0.505 e. The molecule has 4 aromatic carbocycles. The Bertz CT molecular complexity index is 2840. The largest absolute Gasteiger partial charge is 0.505 e. The smallest absolute Gasteiger partial charge is 0.296 e. The normalized spacial score (nSPS) is 13.2. The average Bonchev–Trinajstić information content (AvgIpc) is 3.01. The molecule has 0 spiro atoms. The van der Waals surface area contributed by atoms with Gasteiger partial charge in [0, 0.05) is 11.1 Å². The predicted octanol–water partition coefficient (Wildman–Crippen LogP) is 3.43. The molecule has 27 heteroatoms. The van der Waals surface area contributed by atoms with Crippen molar-refractivity contribution >= 4 is 102 Å². The second-order valence-corrected chi connectivity index (χ2v) is 17.3. The number of rotatable bonds is 12. The van der Waals surface area contributed by atoms with Crippen LogP contribution in [0.3, 0.4) is 0 Å². The van der Waals surface area contributed by atoms with Crippen LogP contribution in [0.15, 0.2) is 105 Å². The molecule has 52 heavy (non-hydrogen) atoms. The molecular formula is C25H20N6O16S5. The lowest BCUT2D eigenvalue weighted by atomic mass is 10.1. The van der Waals surface area contributed by atoms with E-state index >= 15 is 0 Å². The number of amides is 1. The molecular weight excluding hydrogens is 801 g/mol. The molecule has 0 saturated carbocycles. The second-order valence-electron chi connectivity index (χ2n) is 9.89. The van der Waals surface area contributed by atoms with Gasteiger partial charge in [-0.05, 0) is 53.9 Å². The Morgan fingerprint density at radius 3 is 1.67 bits per heavy atom. The zero-order chi connectivity index (χ0) is 39.2. The fraction of sp³-hybridized carbons (Fsp3) is 0. The number of phenolic OH excluding ortho intramolecular Hbond substituents is 1. The quantitative estimate of drug-likeness (QED) is 0.0465. The predicted molar refractivity (Wildman–Crippen MR) is 178 cm³/mol. The van der Waals surface area contributed by atoms with E-state index in [1.54, 1.807) is 0 Å².